The third-order valence-corrected chi connectivity index (χ3v) is 3.89. The predicted molar refractivity (Wildman–Crippen MR) is 105 cm³/mol. The first-order valence-corrected chi connectivity index (χ1v) is 8.61. The van der Waals surface area contributed by atoms with E-state index >= 15 is 0 Å². The second-order valence-electron chi connectivity index (χ2n) is 6.03. The van der Waals surface area contributed by atoms with E-state index in [0.717, 1.165) is 16.8 Å². The highest BCUT2D eigenvalue weighted by Crippen LogP contribution is 2.26. The standard InChI is InChI=1S/C20H18N6O2/c1-13-5-3-7-15(11-13)22-19-24-18(25-26-19)14-6-4-8-16(12-14)28-17-9-10-21-20(23-17)27-2/h3-12H,1-2H3,(H2,22,24,25,26). The molecule has 28 heavy (non-hydrogen) atoms. The van der Waals surface area contributed by atoms with E-state index < -0.39 is 0 Å². The van der Waals surface area contributed by atoms with Crippen molar-refractivity contribution >= 4 is 11.6 Å². The number of aromatic amines is 1. The van der Waals surface area contributed by atoms with Crippen molar-refractivity contribution in [3.8, 4) is 29.0 Å². The molecule has 0 spiro atoms. The number of anilines is 2. The Hall–Kier alpha value is -3.94. The maximum atomic E-state index is 5.79. The lowest BCUT2D eigenvalue weighted by atomic mass is 10.2. The number of ether oxygens (including phenoxy) is 2. The third-order valence-electron chi connectivity index (χ3n) is 3.89. The van der Waals surface area contributed by atoms with Gasteiger partial charge in [0.05, 0.1) is 7.11 Å². The van der Waals surface area contributed by atoms with Crippen LogP contribution in [0.25, 0.3) is 11.4 Å². The summed E-state index contributed by atoms with van der Waals surface area (Å²) >= 11 is 0. The quantitative estimate of drug-likeness (QED) is 0.524. The van der Waals surface area contributed by atoms with Gasteiger partial charge < -0.3 is 19.8 Å². The lowest BCUT2D eigenvalue weighted by Gasteiger charge is -2.06. The number of benzene rings is 2. The summed E-state index contributed by atoms with van der Waals surface area (Å²) < 4.78 is 10.8. The van der Waals surface area contributed by atoms with Crippen molar-refractivity contribution in [3.05, 3.63) is 66.4 Å². The molecule has 2 N–H and O–H groups in total. The maximum Gasteiger partial charge on any atom is 0.319 e. The molecule has 140 valence electrons. The van der Waals surface area contributed by atoms with Crippen molar-refractivity contribution in [2.75, 3.05) is 12.4 Å². The number of aryl methyl sites for hydroxylation is 1. The average Bonchev–Trinajstić information content (AvgIpc) is 3.17. The molecule has 0 bridgehead atoms. The minimum absolute atomic E-state index is 0.246. The van der Waals surface area contributed by atoms with Gasteiger partial charge in [0.1, 0.15) is 5.75 Å². The zero-order chi connectivity index (χ0) is 19.3. The van der Waals surface area contributed by atoms with Crippen LogP contribution in [0.2, 0.25) is 0 Å². The molecule has 0 amide bonds. The van der Waals surface area contributed by atoms with Crippen LogP contribution in [0, 0.1) is 6.92 Å². The molecule has 0 radical (unpaired) electrons. The number of methoxy groups -OCH3 is 1. The monoisotopic (exact) mass is 374 g/mol. The summed E-state index contributed by atoms with van der Waals surface area (Å²) in [5, 5.41) is 11.6. The van der Waals surface area contributed by atoms with Gasteiger partial charge in [0.25, 0.3) is 0 Å². The molecular weight excluding hydrogens is 356 g/mol. The summed E-state index contributed by atoms with van der Waals surface area (Å²) in [7, 11) is 1.51. The number of nitrogens with one attached hydrogen (secondary N) is 2. The molecule has 0 aliphatic heterocycles. The average molecular weight is 374 g/mol. The molecule has 0 unspecified atom stereocenters. The van der Waals surface area contributed by atoms with E-state index in [9.17, 15) is 0 Å². The third kappa shape index (κ3) is 4.07. The highest BCUT2D eigenvalue weighted by molar-refractivity contribution is 5.61. The van der Waals surface area contributed by atoms with Crippen molar-refractivity contribution in [1.82, 2.24) is 25.1 Å². The van der Waals surface area contributed by atoms with Crippen molar-refractivity contribution in [1.29, 1.82) is 0 Å². The normalized spacial score (nSPS) is 10.5. The molecule has 2 heterocycles. The topological polar surface area (TPSA) is 97.8 Å². The van der Waals surface area contributed by atoms with Crippen LogP contribution >= 0.6 is 0 Å². The zero-order valence-electron chi connectivity index (χ0n) is 15.4. The lowest BCUT2D eigenvalue weighted by molar-refractivity contribution is 0.366. The summed E-state index contributed by atoms with van der Waals surface area (Å²) in [5.74, 6) is 2.19. The summed E-state index contributed by atoms with van der Waals surface area (Å²) in [6.45, 7) is 2.04. The second-order valence-corrected chi connectivity index (χ2v) is 6.03. The summed E-state index contributed by atoms with van der Waals surface area (Å²) in [4.78, 5) is 11.3. The fourth-order valence-electron chi connectivity index (χ4n) is 2.62. The second kappa shape index (κ2) is 7.75. The molecule has 0 saturated carbocycles. The predicted octanol–water partition coefficient (Wildman–Crippen LogP) is 4.11. The molecule has 0 aliphatic rings. The van der Waals surface area contributed by atoms with Crippen molar-refractivity contribution in [2.45, 2.75) is 6.92 Å². The SMILES string of the molecule is COc1nccc(Oc2cccc(-c3nnc(Nc4cccc(C)c4)[nH]3)c2)n1. The Morgan fingerprint density at radius 1 is 1.00 bits per heavy atom. The molecular formula is C20H18N6O2. The van der Waals surface area contributed by atoms with Crippen LogP contribution in [0.15, 0.2) is 60.8 Å². The van der Waals surface area contributed by atoms with Gasteiger partial charge in [-0.2, -0.15) is 4.98 Å². The van der Waals surface area contributed by atoms with E-state index in [1.54, 1.807) is 12.3 Å². The first-order valence-electron chi connectivity index (χ1n) is 8.61. The van der Waals surface area contributed by atoms with Crippen molar-refractivity contribution in [2.24, 2.45) is 0 Å². The summed E-state index contributed by atoms with van der Waals surface area (Å²) in [6.07, 6.45) is 1.57. The van der Waals surface area contributed by atoms with Gasteiger partial charge in [-0.1, -0.05) is 24.3 Å². The van der Waals surface area contributed by atoms with Crippen molar-refractivity contribution < 1.29 is 9.47 Å². The van der Waals surface area contributed by atoms with Gasteiger partial charge in [0, 0.05) is 23.5 Å². The maximum absolute atomic E-state index is 5.79. The van der Waals surface area contributed by atoms with Crippen LogP contribution in [-0.4, -0.2) is 32.3 Å². The highest BCUT2D eigenvalue weighted by Gasteiger charge is 2.08. The van der Waals surface area contributed by atoms with Gasteiger partial charge in [-0.25, -0.2) is 4.98 Å². The lowest BCUT2D eigenvalue weighted by Crippen LogP contribution is -1.94. The summed E-state index contributed by atoms with van der Waals surface area (Å²) in [5.41, 5.74) is 2.94. The molecule has 2 aromatic carbocycles. The minimum Gasteiger partial charge on any atom is -0.467 e. The Bertz CT molecular complexity index is 1100. The Morgan fingerprint density at radius 3 is 2.75 bits per heavy atom. The number of hydrogen-bond donors (Lipinski definition) is 2. The highest BCUT2D eigenvalue weighted by atomic mass is 16.5. The molecule has 4 aromatic rings. The van der Waals surface area contributed by atoms with E-state index in [1.807, 2.05) is 55.5 Å². The van der Waals surface area contributed by atoms with Crippen LogP contribution in [0.1, 0.15) is 5.56 Å². The van der Waals surface area contributed by atoms with Crippen LogP contribution in [0.4, 0.5) is 11.6 Å². The molecule has 0 atom stereocenters. The van der Waals surface area contributed by atoms with Gasteiger partial charge in [-0.05, 0) is 36.8 Å². The Balaban J connectivity index is 1.52. The molecule has 8 nitrogen and oxygen atoms in total. The van der Waals surface area contributed by atoms with Gasteiger partial charge in [0.2, 0.25) is 11.8 Å². The number of hydrogen-bond acceptors (Lipinski definition) is 7. The van der Waals surface area contributed by atoms with Crippen LogP contribution in [-0.2, 0) is 0 Å². The fraction of sp³-hybridized carbons (Fsp3) is 0.100. The van der Waals surface area contributed by atoms with Crippen LogP contribution in [0.3, 0.4) is 0 Å². The first kappa shape index (κ1) is 17.5. The van der Waals surface area contributed by atoms with Gasteiger partial charge >= 0.3 is 6.01 Å². The van der Waals surface area contributed by atoms with Crippen LogP contribution in [0.5, 0.6) is 17.6 Å². The number of rotatable bonds is 6. The minimum atomic E-state index is 0.246. The van der Waals surface area contributed by atoms with E-state index in [0.29, 0.717) is 23.4 Å². The van der Waals surface area contributed by atoms with Gasteiger partial charge in [-0.3, -0.25) is 0 Å². The fourth-order valence-corrected chi connectivity index (χ4v) is 2.62. The number of H-pyrrole nitrogens is 1. The molecule has 4 rings (SSSR count). The van der Waals surface area contributed by atoms with E-state index in [-0.39, 0.29) is 6.01 Å². The molecule has 2 aromatic heterocycles. The Morgan fingerprint density at radius 2 is 1.89 bits per heavy atom. The largest absolute Gasteiger partial charge is 0.467 e. The Kier molecular flexibility index (Phi) is 4.83. The number of nitrogens with zero attached hydrogens (tertiary/aromatic N) is 4. The smallest absolute Gasteiger partial charge is 0.319 e. The number of aromatic nitrogens is 5. The van der Waals surface area contributed by atoms with Gasteiger partial charge in [0.15, 0.2) is 5.82 Å². The molecule has 0 saturated heterocycles. The van der Waals surface area contributed by atoms with E-state index in [4.69, 9.17) is 9.47 Å². The van der Waals surface area contributed by atoms with Crippen molar-refractivity contribution in [3.63, 3.8) is 0 Å². The van der Waals surface area contributed by atoms with Gasteiger partial charge in [-0.15, -0.1) is 10.2 Å². The van der Waals surface area contributed by atoms with E-state index in [2.05, 4.69) is 30.5 Å². The van der Waals surface area contributed by atoms with E-state index in [1.165, 1.54) is 7.11 Å². The Labute approximate surface area is 161 Å². The molecule has 8 heteroatoms. The summed E-state index contributed by atoms with van der Waals surface area (Å²) in [6, 6.07) is 17.4. The zero-order valence-corrected chi connectivity index (χ0v) is 15.4. The molecule has 0 fully saturated rings. The first-order chi connectivity index (χ1) is 13.7. The van der Waals surface area contributed by atoms with Crippen LogP contribution < -0.4 is 14.8 Å². The molecule has 0 aliphatic carbocycles.